The van der Waals surface area contributed by atoms with E-state index in [1.165, 1.54) is 27.8 Å². The Bertz CT molecular complexity index is 3390. The largest absolute Gasteiger partial charge is 0.510 e. The van der Waals surface area contributed by atoms with Gasteiger partial charge in [-0.1, -0.05) is 207 Å². The van der Waals surface area contributed by atoms with Crippen molar-refractivity contribution in [1.82, 2.24) is 14.1 Å². The summed E-state index contributed by atoms with van der Waals surface area (Å²) in [7, 11) is 0. The maximum atomic E-state index is 7.27. The maximum absolute atomic E-state index is 7.27. The molecule has 0 N–H and O–H groups in total. The van der Waals surface area contributed by atoms with Crippen LogP contribution in [0.5, 0.6) is 11.5 Å². The fourth-order valence-corrected chi connectivity index (χ4v) is 9.83. The normalized spacial score (nSPS) is 12.9. The van der Waals surface area contributed by atoms with E-state index in [1.54, 1.807) is 0 Å². The van der Waals surface area contributed by atoms with Crippen LogP contribution in [0.3, 0.4) is 0 Å². The summed E-state index contributed by atoms with van der Waals surface area (Å²) >= 11 is 0. The molecule has 0 amide bonds. The predicted octanol–water partition coefficient (Wildman–Crippen LogP) is 16.3. The van der Waals surface area contributed by atoms with Crippen molar-refractivity contribution in [2.75, 3.05) is 0 Å². The summed E-state index contributed by atoms with van der Waals surface area (Å²) in [4.78, 5) is 5.04. The molecule has 0 bridgehead atoms. The Labute approximate surface area is 444 Å². The number of benzene rings is 6. The Kier molecular flexibility index (Phi) is 13.6. The van der Waals surface area contributed by atoms with Gasteiger partial charge in [-0.05, 0) is 102 Å². The van der Waals surface area contributed by atoms with Crippen molar-refractivity contribution in [1.29, 1.82) is 0 Å². The van der Waals surface area contributed by atoms with Crippen molar-refractivity contribution in [2.45, 2.75) is 143 Å². The van der Waals surface area contributed by atoms with Gasteiger partial charge < -0.3 is 13.9 Å². The summed E-state index contributed by atoms with van der Waals surface area (Å²) in [6.07, 6.45) is 8.00. The molecule has 9 rings (SSSR count). The molecule has 0 unspecified atom stereocenters. The molecule has 6 aromatic carbocycles. The van der Waals surface area contributed by atoms with Crippen molar-refractivity contribution >= 4 is 21.8 Å². The number of fused-ring (bicyclic) bond motifs is 3. The molecule has 0 spiro atoms. The van der Waals surface area contributed by atoms with Crippen LogP contribution in [-0.4, -0.2) is 14.1 Å². The number of ether oxygens (including phenoxy) is 1. The molecule has 0 aliphatic heterocycles. The Balaban J connectivity index is 0.00000693. The SMILES string of the molecule is CC(C)(C)c1cc(-[n+]2[c-]n(-c3[c-]c(Oc4[c-]c5c(c(C(C)(C)c6ccccc6)c4)c4ccccc4n5-c4cc(C(C)(C)C)ccn4)cc(C(C)(C)c4ccccc4)c3)cc2C(C)(C)C)cc(C(C)(C)C)c1.[Pt]. The van der Waals surface area contributed by atoms with Crippen molar-refractivity contribution in [2.24, 2.45) is 0 Å². The fourth-order valence-electron chi connectivity index (χ4n) is 9.83. The molecule has 0 saturated heterocycles. The van der Waals surface area contributed by atoms with E-state index in [-0.39, 0.29) is 42.7 Å². The minimum Gasteiger partial charge on any atom is -0.510 e. The van der Waals surface area contributed by atoms with E-state index in [9.17, 15) is 0 Å². The van der Waals surface area contributed by atoms with Gasteiger partial charge in [-0.25, -0.2) is 4.98 Å². The fraction of sp³-hybridized carbons (Fsp3) is 0.333. The second-order valence-corrected chi connectivity index (χ2v) is 24.8. The number of aromatic nitrogens is 4. The predicted molar refractivity (Wildman–Crippen MR) is 294 cm³/mol. The Morgan fingerprint density at radius 2 is 1.06 bits per heavy atom. The number of pyridine rings is 1. The van der Waals surface area contributed by atoms with E-state index in [2.05, 4.69) is 283 Å². The van der Waals surface area contributed by atoms with Crippen molar-refractivity contribution in [3.05, 3.63) is 209 Å². The van der Waals surface area contributed by atoms with Gasteiger partial charge >= 0.3 is 0 Å². The quantitative estimate of drug-likeness (QED) is 0.107. The van der Waals surface area contributed by atoms with Crippen LogP contribution < -0.4 is 9.30 Å². The number of imidazole rings is 1. The minimum atomic E-state index is -0.428. The molecular weight excluding hydrogens is 1060 g/mol. The number of hydrogen-bond donors (Lipinski definition) is 0. The van der Waals surface area contributed by atoms with Gasteiger partial charge in [-0.15, -0.1) is 35.4 Å². The smallest absolute Gasteiger partial charge is 0.267 e. The van der Waals surface area contributed by atoms with Gasteiger partial charge in [0.25, 0.3) is 6.33 Å². The summed E-state index contributed by atoms with van der Waals surface area (Å²) in [5.41, 5.74) is 12.3. The molecule has 0 aliphatic rings. The Morgan fingerprint density at radius 1 is 0.500 bits per heavy atom. The van der Waals surface area contributed by atoms with E-state index in [4.69, 9.17) is 9.72 Å². The van der Waals surface area contributed by atoms with Crippen LogP contribution in [0, 0.1) is 18.5 Å². The molecule has 0 atom stereocenters. The molecule has 0 radical (unpaired) electrons. The number of rotatable bonds is 9. The van der Waals surface area contributed by atoms with Crippen LogP contribution in [0.4, 0.5) is 0 Å². The van der Waals surface area contributed by atoms with Crippen LogP contribution in [0.1, 0.15) is 155 Å². The summed E-state index contributed by atoms with van der Waals surface area (Å²) in [6.45, 7) is 36.5. The average molecular weight is 1130 g/mol. The van der Waals surface area contributed by atoms with E-state index in [0.717, 1.165) is 55.8 Å². The number of hydrogen-bond acceptors (Lipinski definition) is 2. The summed E-state index contributed by atoms with van der Waals surface area (Å²) < 4.78 is 13.9. The molecule has 0 aliphatic carbocycles. The van der Waals surface area contributed by atoms with Gasteiger partial charge in [0.05, 0.1) is 11.4 Å². The number of nitrogens with zero attached hydrogens (tertiary/aromatic N) is 4. The molecule has 9 aromatic rings. The Hall–Kier alpha value is -6.03. The topological polar surface area (TPSA) is 35.9 Å². The average Bonchev–Trinajstić information content (AvgIpc) is 3.92. The van der Waals surface area contributed by atoms with Crippen molar-refractivity contribution < 1.29 is 30.4 Å². The second kappa shape index (κ2) is 18.8. The van der Waals surface area contributed by atoms with E-state index in [1.807, 2.05) is 6.20 Å². The second-order valence-electron chi connectivity index (χ2n) is 24.8. The van der Waals surface area contributed by atoms with Gasteiger partial charge in [-0.2, -0.15) is 6.07 Å². The van der Waals surface area contributed by atoms with Crippen LogP contribution in [-0.2, 0) is 53.6 Å². The molecule has 3 heterocycles. The van der Waals surface area contributed by atoms with E-state index in [0.29, 0.717) is 11.5 Å². The summed E-state index contributed by atoms with van der Waals surface area (Å²) in [5, 5.41) is 2.27. The van der Waals surface area contributed by atoms with Crippen LogP contribution in [0.2, 0.25) is 0 Å². The zero-order chi connectivity index (χ0) is 51.1. The summed E-state index contributed by atoms with van der Waals surface area (Å²) in [5.74, 6) is 2.03. The minimum absolute atomic E-state index is 0. The molecule has 0 fully saturated rings. The monoisotopic (exact) mass is 1130 g/mol. The first-order valence-corrected chi connectivity index (χ1v) is 25.3. The number of para-hydroxylation sites is 1. The molecule has 72 heavy (non-hydrogen) atoms. The first-order chi connectivity index (χ1) is 33.2. The molecule has 0 saturated carbocycles. The van der Waals surface area contributed by atoms with E-state index >= 15 is 0 Å². The van der Waals surface area contributed by atoms with Crippen LogP contribution in [0.25, 0.3) is 39.0 Å². The third-order valence-electron chi connectivity index (χ3n) is 14.6. The van der Waals surface area contributed by atoms with Gasteiger partial charge in [0.15, 0.2) is 0 Å². The molecular formula is C66H72N4OPt-2. The molecule has 6 heteroatoms. The maximum Gasteiger partial charge on any atom is 0.267 e. The third-order valence-corrected chi connectivity index (χ3v) is 14.6. The zero-order valence-corrected chi connectivity index (χ0v) is 47.6. The van der Waals surface area contributed by atoms with Gasteiger partial charge in [0.1, 0.15) is 5.82 Å². The standard InChI is InChI=1S/C66H72N4O.Pt/c1-61(2,3)46-31-32-67-59(38-46)70-56-30-24-23-29-54(56)60-55(66(15,16)45-27-21-18-22-28-45)40-53(41-57(60)70)71-52-37-49(65(13,14)44-25-19-17-20-26-44)36-50(39-52)68-42-58(64(10,11)12)69(43-68)51-34-47(62(4,5)6)33-48(35-51)63(7,8)9;/h17-38,40,42H,1-16H3;/q-2;. The molecule has 374 valence electrons. The van der Waals surface area contributed by atoms with Crippen molar-refractivity contribution in [3.8, 4) is 28.7 Å². The third kappa shape index (κ3) is 10.0. The van der Waals surface area contributed by atoms with Crippen molar-refractivity contribution in [3.63, 3.8) is 0 Å². The first kappa shape index (κ1) is 52.3. The van der Waals surface area contributed by atoms with E-state index < -0.39 is 10.8 Å². The molecule has 5 nitrogen and oxygen atoms in total. The zero-order valence-electron chi connectivity index (χ0n) is 45.4. The molecule has 3 aromatic heterocycles. The summed E-state index contributed by atoms with van der Waals surface area (Å²) in [6, 6.07) is 55.8. The van der Waals surface area contributed by atoms with Gasteiger partial charge in [0, 0.05) is 50.5 Å². The first-order valence-electron chi connectivity index (χ1n) is 25.3. The van der Waals surface area contributed by atoms with Gasteiger partial charge in [0.2, 0.25) is 0 Å². The van der Waals surface area contributed by atoms with Gasteiger partial charge in [-0.3, -0.25) is 4.57 Å². The Morgan fingerprint density at radius 3 is 1.64 bits per heavy atom. The van der Waals surface area contributed by atoms with Crippen LogP contribution >= 0.6 is 0 Å². The van der Waals surface area contributed by atoms with Crippen LogP contribution in [0.15, 0.2) is 146 Å².